The zero-order valence-corrected chi connectivity index (χ0v) is 13.5. The molecule has 0 radical (unpaired) electrons. The summed E-state index contributed by atoms with van der Waals surface area (Å²) in [6.07, 6.45) is 3.63. The van der Waals surface area contributed by atoms with Crippen molar-refractivity contribution in [2.75, 3.05) is 38.1 Å². The lowest BCUT2D eigenvalue weighted by Crippen LogP contribution is -2.38. The fraction of sp³-hybridized carbons (Fsp3) is 0.588. The molecule has 1 saturated heterocycles. The SMILES string of the molecule is CCNC(=NCC1CCCO1)NCCCNc1ccccc1. The molecule has 0 spiro atoms. The van der Waals surface area contributed by atoms with Crippen LogP contribution in [0.15, 0.2) is 35.3 Å². The molecule has 0 aromatic heterocycles. The van der Waals surface area contributed by atoms with E-state index >= 15 is 0 Å². The summed E-state index contributed by atoms with van der Waals surface area (Å²) in [5, 5.41) is 10.1. The summed E-state index contributed by atoms with van der Waals surface area (Å²) in [7, 11) is 0. The number of para-hydroxylation sites is 1. The van der Waals surface area contributed by atoms with E-state index in [0.29, 0.717) is 6.10 Å². The van der Waals surface area contributed by atoms with Crippen LogP contribution in [0.2, 0.25) is 0 Å². The largest absolute Gasteiger partial charge is 0.385 e. The predicted octanol–water partition coefficient (Wildman–Crippen LogP) is 2.22. The van der Waals surface area contributed by atoms with Crippen molar-refractivity contribution in [1.29, 1.82) is 0 Å². The smallest absolute Gasteiger partial charge is 0.191 e. The van der Waals surface area contributed by atoms with Gasteiger partial charge in [-0.2, -0.15) is 0 Å². The van der Waals surface area contributed by atoms with Crippen LogP contribution in [-0.2, 0) is 4.74 Å². The van der Waals surface area contributed by atoms with Gasteiger partial charge in [0.1, 0.15) is 0 Å². The number of ether oxygens (including phenoxy) is 1. The molecule has 2 rings (SSSR count). The van der Waals surface area contributed by atoms with Crippen LogP contribution in [0.4, 0.5) is 5.69 Å². The third-order valence-corrected chi connectivity index (χ3v) is 3.57. The van der Waals surface area contributed by atoms with Crippen LogP contribution in [-0.4, -0.2) is 44.8 Å². The molecule has 1 fully saturated rings. The second-order valence-electron chi connectivity index (χ2n) is 5.43. The van der Waals surface area contributed by atoms with Crippen LogP contribution in [0.3, 0.4) is 0 Å². The van der Waals surface area contributed by atoms with Gasteiger partial charge in [0.15, 0.2) is 5.96 Å². The van der Waals surface area contributed by atoms with Crippen molar-refractivity contribution in [3.63, 3.8) is 0 Å². The minimum Gasteiger partial charge on any atom is -0.385 e. The average molecular weight is 304 g/mol. The lowest BCUT2D eigenvalue weighted by molar-refractivity contribution is 0.117. The first-order chi connectivity index (χ1) is 10.9. The fourth-order valence-electron chi connectivity index (χ4n) is 2.41. The van der Waals surface area contributed by atoms with E-state index < -0.39 is 0 Å². The van der Waals surface area contributed by atoms with Crippen LogP contribution >= 0.6 is 0 Å². The summed E-state index contributed by atoms with van der Waals surface area (Å²) >= 11 is 0. The molecule has 0 amide bonds. The standard InChI is InChI=1S/C17H28N4O/c1-2-18-17(21-14-16-10-6-13-22-16)20-12-7-11-19-15-8-4-3-5-9-15/h3-5,8-9,16,19H,2,6-7,10-14H2,1H3,(H2,18,20,21). The van der Waals surface area contributed by atoms with E-state index in [1.165, 1.54) is 5.69 Å². The van der Waals surface area contributed by atoms with Crippen molar-refractivity contribution in [2.24, 2.45) is 4.99 Å². The average Bonchev–Trinajstić information content (AvgIpc) is 3.06. The Morgan fingerprint density at radius 1 is 1.23 bits per heavy atom. The highest BCUT2D eigenvalue weighted by Gasteiger charge is 2.14. The summed E-state index contributed by atoms with van der Waals surface area (Å²) in [5.74, 6) is 0.887. The second kappa shape index (κ2) is 10.1. The van der Waals surface area contributed by atoms with Crippen molar-refractivity contribution in [1.82, 2.24) is 10.6 Å². The van der Waals surface area contributed by atoms with Gasteiger partial charge in [-0.25, -0.2) is 0 Å². The van der Waals surface area contributed by atoms with Gasteiger partial charge in [0.25, 0.3) is 0 Å². The quantitative estimate of drug-likeness (QED) is 0.392. The van der Waals surface area contributed by atoms with Crippen LogP contribution < -0.4 is 16.0 Å². The van der Waals surface area contributed by atoms with Crippen molar-refractivity contribution in [2.45, 2.75) is 32.3 Å². The first-order valence-corrected chi connectivity index (χ1v) is 8.31. The van der Waals surface area contributed by atoms with E-state index in [4.69, 9.17) is 4.74 Å². The third-order valence-electron chi connectivity index (χ3n) is 3.57. The Morgan fingerprint density at radius 2 is 2.09 bits per heavy atom. The lowest BCUT2D eigenvalue weighted by Gasteiger charge is -2.13. The number of rotatable bonds is 8. The monoisotopic (exact) mass is 304 g/mol. The fourth-order valence-corrected chi connectivity index (χ4v) is 2.41. The van der Waals surface area contributed by atoms with E-state index in [-0.39, 0.29) is 0 Å². The molecule has 1 aliphatic heterocycles. The van der Waals surface area contributed by atoms with Gasteiger partial charge < -0.3 is 20.7 Å². The molecule has 5 heteroatoms. The van der Waals surface area contributed by atoms with Crippen molar-refractivity contribution in [3.05, 3.63) is 30.3 Å². The molecule has 0 bridgehead atoms. The van der Waals surface area contributed by atoms with Crippen LogP contribution in [0.1, 0.15) is 26.2 Å². The van der Waals surface area contributed by atoms with Crippen molar-refractivity contribution >= 4 is 11.6 Å². The number of aliphatic imine (C=N–C) groups is 1. The molecular weight excluding hydrogens is 276 g/mol. The van der Waals surface area contributed by atoms with Gasteiger partial charge in [-0.1, -0.05) is 18.2 Å². The highest BCUT2D eigenvalue weighted by Crippen LogP contribution is 2.11. The Balaban J connectivity index is 1.62. The van der Waals surface area contributed by atoms with E-state index in [1.54, 1.807) is 0 Å². The lowest BCUT2D eigenvalue weighted by atomic mass is 10.2. The molecule has 0 aliphatic carbocycles. The maximum absolute atomic E-state index is 5.60. The minimum atomic E-state index is 0.301. The Hall–Kier alpha value is -1.75. The Labute approximate surface area is 133 Å². The van der Waals surface area contributed by atoms with Gasteiger partial charge in [-0.05, 0) is 38.3 Å². The van der Waals surface area contributed by atoms with E-state index in [1.807, 2.05) is 18.2 Å². The van der Waals surface area contributed by atoms with E-state index in [0.717, 1.165) is 58.0 Å². The number of hydrogen-bond acceptors (Lipinski definition) is 3. The zero-order chi connectivity index (χ0) is 15.5. The number of benzene rings is 1. The van der Waals surface area contributed by atoms with Gasteiger partial charge in [-0.15, -0.1) is 0 Å². The van der Waals surface area contributed by atoms with Gasteiger partial charge in [-0.3, -0.25) is 4.99 Å². The maximum Gasteiger partial charge on any atom is 0.191 e. The van der Waals surface area contributed by atoms with Gasteiger partial charge in [0.05, 0.1) is 12.6 Å². The predicted molar refractivity (Wildman–Crippen MR) is 92.5 cm³/mol. The topological polar surface area (TPSA) is 57.7 Å². The highest BCUT2D eigenvalue weighted by molar-refractivity contribution is 5.79. The normalized spacial score (nSPS) is 18.2. The number of hydrogen-bond donors (Lipinski definition) is 3. The second-order valence-corrected chi connectivity index (χ2v) is 5.43. The summed E-state index contributed by atoms with van der Waals surface area (Å²) in [5.41, 5.74) is 1.17. The van der Waals surface area contributed by atoms with Gasteiger partial charge >= 0.3 is 0 Å². The Kier molecular flexibility index (Phi) is 7.60. The summed E-state index contributed by atoms with van der Waals surface area (Å²) < 4.78 is 5.60. The molecule has 3 N–H and O–H groups in total. The third kappa shape index (κ3) is 6.35. The number of nitrogens with one attached hydrogen (secondary N) is 3. The van der Waals surface area contributed by atoms with Crippen molar-refractivity contribution in [3.8, 4) is 0 Å². The van der Waals surface area contributed by atoms with Crippen LogP contribution in [0.5, 0.6) is 0 Å². The molecule has 22 heavy (non-hydrogen) atoms. The maximum atomic E-state index is 5.60. The molecule has 1 unspecified atom stereocenters. The molecule has 1 atom stereocenters. The molecule has 1 aromatic carbocycles. The van der Waals surface area contributed by atoms with Crippen LogP contribution in [0, 0.1) is 0 Å². The zero-order valence-electron chi connectivity index (χ0n) is 13.5. The van der Waals surface area contributed by atoms with Gasteiger partial charge in [0.2, 0.25) is 0 Å². The summed E-state index contributed by atoms with van der Waals surface area (Å²) in [4.78, 5) is 4.60. The van der Waals surface area contributed by atoms with Crippen LogP contribution in [0.25, 0.3) is 0 Å². The number of anilines is 1. The molecular formula is C17H28N4O. The first-order valence-electron chi connectivity index (χ1n) is 8.31. The first kappa shape index (κ1) is 16.6. The van der Waals surface area contributed by atoms with E-state index in [2.05, 4.69) is 40.0 Å². The minimum absolute atomic E-state index is 0.301. The van der Waals surface area contributed by atoms with E-state index in [9.17, 15) is 0 Å². The Morgan fingerprint density at radius 3 is 2.82 bits per heavy atom. The number of guanidine groups is 1. The molecule has 5 nitrogen and oxygen atoms in total. The molecule has 1 heterocycles. The summed E-state index contributed by atoms with van der Waals surface area (Å²) in [6.45, 7) is 6.44. The molecule has 122 valence electrons. The Bertz CT molecular complexity index is 430. The van der Waals surface area contributed by atoms with Crippen molar-refractivity contribution < 1.29 is 4.74 Å². The highest BCUT2D eigenvalue weighted by atomic mass is 16.5. The molecule has 0 saturated carbocycles. The molecule has 1 aromatic rings. The summed E-state index contributed by atoms with van der Waals surface area (Å²) in [6, 6.07) is 10.3. The molecule has 1 aliphatic rings. The number of nitrogens with zero attached hydrogens (tertiary/aromatic N) is 1. The van der Waals surface area contributed by atoms with Gasteiger partial charge in [0, 0.05) is 31.9 Å².